The Balaban J connectivity index is 1.15. The SMILES string of the molecule is c1ccc(-n2c(-c3ccc4cc(-c5c6ccccc6c(-c6ccc7ccccc7c6)c6ccccc56)ccc4c3)nc3ccccc32)cc1. The summed E-state index contributed by atoms with van der Waals surface area (Å²) < 4.78 is 2.26. The van der Waals surface area contributed by atoms with Crippen LogP contribution in [0.5, 0.6) is 0 Å². The summed E-state index contributed by atoms with van der Waals surface area (Å²) in [5.41, 5.74) is 9.30. The van der Waals surface area contributed by atoms with Crippen LogP contribution >= 0.6 is 0 Å². The van der Waals surface area contributed by atoms with Gasteiger partial charge in [0, 0.05) is 11.3 Å². The fraction of sp³-hybridized carbons (Fsp3) is 0. The predicted molar refractivity (Wildman–Crippen MR) is 207 cm³/mol. The molecule has 10 rings (SSSR count). The molecular weight excluding hydrogens is 593 g/mol. The van der Waals surface area contributed by atoms with E-state index in [1.54, 1.807) is 0 Å². The molecule has 0 aliphatic heterocycles. The van der Waals surface area contributed by atoms with Crippen molar-refractivity contribution >= 4 is 54.1 Å². The van der Waals surface area contributed by atoms with Gasteiger partial charge in [0.25, 0.3) is 0 Å². The summed E-state index contributed by atoms with van der Waals surface area (Å²) in [6, 6.07) is 65.8. The fourth-order valence-corrected chi connectivity index (χ4v) is 7.69. The Bertz CT molecular complexity index is 2820. The van der Waals surface area contributed by atoms with Gasteiger partial charge in [-0.25, -0.2) is 4.98 Å². The van der Waals surface area contributed by atoms with Crippen molar-refractivity contribution in [3.05, 3.63) is 182 Å². The second-order valence-electron chi connectivity index (χ2n) is 12.8. The van der Waals surface area contributed by atoms with Gasteiger partial charge >= 0.3 is 0 Å². The largest absolute Gasteiger partial charge is 0.292 e. The van der Waals surface area contributed by atoms with Gasteiger partial charge in [-0.05, 0) is 108 Å². The van der Waals surface area contributed by atoms with E-state index in [4.69, 9.17) is 4.98 Å². The van der Waals surface area contributed by atoms with Gasteiger partial charge in [-0.2, -0.15) is 0 Å². The van der Waals surface area contributed by atoms with Crippen molar-refractivity contribution in [2.75, 3.05) is 0 Å². The molecule has 0 fully saturated rings. The summed E-state index contributed by atoms with van der Waals surface area (Å²) in [5.74, 6) is 0.944. The van der Waals surface area contributed by atoms with E-state index in [9.17, 15) is 0 Å². The van der Waals surface area contributed by atoms with E-state index in [1.165, 1.54) is 65.3 Å². The van der Waals surface area contributed by atoms with Crippen LogP contribution in [0.4, 0.5) is 0 Å². The zero-order chi connectivity index (χ0) is 32.3. The first-order valence-corrected chi connectivity index (χ1v) is 16.8. The van der Waals surface area contributed by atoms with Crippen molar-refractivity contribution in [3.63, 3.8) is 0 Å². The Morgan fingerprint density at radius 2 is 0.796 bits per heavy atom. The first kappa shape index (κ1) is 27.6. The molecule has 0 spiro atoms. The minimum atomic E-state index is 0.944. The summed E-state index contributed by atoms with van der Waals surface area (Å²) in [6.07, 6.45) is 0. The highest BCUT2D eigenvalue weighted by atomic mass is 15.1. The van der Waals surface area contributed by atoms with Gasteiger partial charge in [0.15, 0.2) is 0 Å². The standard InChI is InChI=1S/C47H30N2/c1-2-14-38(15-3-1)49-44-21-11-10-20-43(44)48-47(49)37-27-24-33-29-36(26-23-34(33)30-37)46-41-18-8-6-16-39(41)45(40-17-7-9-19-42(40)46)35-25-22-31-12-4-5-13-32(31)28-35/h1-30H. The maximum atomic E-state index is 5.11. The average Bonchev–Trinajstić information content (AvgIpc) is 3.56. The van der Waals surface area contributed by atoms with Crippen LogP contribution in [0.15, 0.2) is 182 Å². The first-order chi connectivity index (χ1) is 24.3. The van der Waals surface area contributed by atoms with Crippen molar-refractivity contribution in [1.82, 2.24) is 9.55 Å². The fourth-order valence-electron chi connectivity index (χ4n) is 7.69. The van der Waals surface area contributed by atoms with Gasteiger partial charge in [0.05, 0.1) is 11.0 Å². The van der Waals surface area contributed by atoms with Crippen LogP contribution in [0, 0.1) is 0 Å². The van der Waals surface area contributed by atoms with Crippen LogP contribution < -0.4 is 0 Å². The normalized spacial score (nSPS) is 11.7. The maximum absolute atomic E-state index is 5.11. The van der Waals surface area contributed by atoms with Gasteiger partial charge in [-0.3, -0.25) is 4.57 Å². The molecule has 49 heavy (non-hydrogen) atoms. The number of imidazole rings is 1. The zero-order valence-corrected chi connectivity index (χ0v) is 26.7. The lowest BCUT2D eigenvalue weighted by molar-refractivity contribution is 1.10. The third-order valence-electron chi connectivity index (χ3n) is 9.93. The summed E-state index contributed by atoms with van der Waals surface area (Å²) in [4.78, 5) is 5.11. The van der Waals surface area contributed by atoms with E-state index in [0.717, 1.165) is 28.1 Å². The molecule has 0 amide bonds. The van der Waals surface area contributed by atoms with Crippen LogP contribution in [0.25, 0.3) is 93.5 Å². The molecule has 0 unspecified atom stereocenters. The van der Waals surface area contributed by atoms with Crippen molar-refractivity contribution in [2.24, 2.45) is 0 Å². The second-order valence-corrected chi connectivity index (χ2v) is 12.8. The molecule has 0 N–H and O–H groups in total. The molecule has 0 aliphatic rings. The second kappa shape index (κ2) is 11.0. The third-order valence-corrected chi connectivity index (χ3v) is 9.93. The molecule has 0 aliphatic carbocycles. The minimum Gasteiger partial charge on any atom is -0.292 e. The highest BCUT2D eigenvalue weighted by Crippen LogP contribution is 2.44. The van der Waals surface area contributed by atoms with E-state index >= 15 is 0 Å². The molecule has 0 radical (unpaired) electrons. The number of hydrogen-bond donors (Lipinski definition) is 0. The molecule has 10 aromatic rings. The monoisotopic (exact) mass is 622 g/mol. The molecule has 1 aromatic heterocycles. The lowest BCUT2D eigenvalue weighted by Crippen LogP contribution is -1.97. The number of rotatable bonds is 4. The summed E-state index contributed by atoms with van der Waals surface area (Å²) in [7, 11) is 0. The van der Waals surface area contributed by atoms with Crippen LogP contribution in [-0.4, -0.2) is 9.55 Å². The van der Waals surface area contributed by atoms with Gasteiger partial charge in [-0.15, -0.1) is 0 Å². The highest BCUT2D eigenvalue weighted by molar-refractivity contribution is 6.22. The van der Waals surface area contributed by atoms with Crippen LogP contribution in [0.3, 0.4) is 0 Å². The Labute approximate surface area is 284 Å². The lowest BCUT2D eigenvalue weighted by Gasteiger charge is -2.18. The number of para-hydroxylation sites is 3. The van der Waals surface area contributed by atoms with E-state index < -0.39 is 0 Å². The molecule has 2 nitrogen and oxygen atoms in total. The van der Waals surface area contributed by atoms with E-state index in [2.05, 4.69) is 187 Å². The molecule has 0 saturated carbocycles. The number of hydrogen-bond acceptors (Lipinski definition) is 1. The topological polar surface area (TPSA) is 17.8 Å². The summed E-state index contributed by atoms with van der Waals surface area (Å²) in [5, 5.41) is 9.96. The van der Waals surface area contributed by atoms with Gasteiger partial charge < -0.3 is 0 Å². The van der Waals surface area contributed by atoms with Gasteiger partial charge in [0.2, 0.25) is 0 Å². The van der Waals surface area contributed by atoms with E-state index in [-0.39, 0.29) is 0 Å². The Hall–Kier alpha value is -6.51. The minimum absolute atomic E-state index is 0.944. The lowest BCUT2D eigenvalue weighted by atomic mass is 9.85. The van der Waals surface area contributed by atoms with E-state index in [0.29, 0.717) is 0 Å². The van der Waals surface area contributed by atoms with Gasteiger partial charge in [-0.1, -0.05) is 140 Å². The number of nitrogens with zero attached hydrogens (tertiary/aromatic N) is 2. The first-order valence-electron chi connectivity index (χ1n) is 16.8. The highest BCUT2D eigenvalue weighted by Gasteiger charge is 2.18. The van der Waals surface area contributed by atoms with Crippen molar-refractivity contribution < 1.29 is 0 Å². The third kappa shape index (κ3) is 4.46. The maximum Gasteiger partial charge on any atom is 0.145 e. The van der Waals surface area contributed by atoms with Crippen LogP contribution in [0.2, 0.25) is 0 Å². The van der Waals surface area contributed by atoms with Crippen molar-refractivity contribution in [3.8, 4) is 39.3 Å². The molecular formula is C47H30N2. The average molecular weight is 623 g/mol. The Morgan fingerprint density at radius 3 is 1.43 bits per heavy atom. The van der Waals surface area contributed by atoms with Crippen molar-refractivity contribution in [1.29, 1.82) is 0 Å². The number of aromatic nitrogens is 2. The molecule has 2 heteroatoms. The van der Waals surface area contributed by atoms with E-state index in [1.807, 2.05) is 0 Å². The summed E-state index contributed by atoms with van der Waals surface area (Å²) >= 11 is 0. The smallest absolute Gasteiger partial charge is 0.145 e. The van der Waals surface area contributed by atoms with Gasteiger partial charge in [0.1, 0.15) is 5.82 Å². The molecule has 9 aromatic carbocycles. The predicted octanol–water partition coefficient (Wildman–Crippen LogP) is 12.6. The molecule has 0 saturated heterocycles. The molecule has 228 valence electrons. The Kier molecular flexibility index (Phi) is 6.22. The molecule has 0 atom stereocenters. The molecule has 0 bridgehead atoms. The van der Waals surface area contributed by atoms with Crippen LogP contribution in [0.1, 0.15) is 0 Å². The summed E-state index contributed by atoms with van der Waals surface area (Å²) in [6.45, 7) is 0. The van der Waals surface area contributed by atoms with Crippen molar-refractivity contribution in [2.45, 2.75) is 0 Å². The quantitative estimate of drug-likeness (QED) is 0.179. The van der Waals surface area contributed by atoms with Crippen LogP contribution in [-0.2, 0) is 0 Å². The zero-order valence-electron chi connectivity index (χ0n) is 26.7. The number of benzene rings is 9. The Morgan fingerprint density at radius 1 is 0.347 bits per heavy atom. The number of fused-ring (bicyclic) bond motifs is 5. The molecule has 1 heterocycles.